The Balaban J connectivity index is 2.60. The molecule has 0 aliphatic heterocycles. The molecule has 1 N–H and O–H groups in total. The second-order valence-corrected chi connectivity index (χ2v) is 5.09. The molecule has 1 atom stereocenters. The van der Waals surface area contributed by atoms with Gasteiger partial charge in [0.1, 0.15) is 12.4 Å². The summed E-state index contributed by atoms with van der Waals surface area (Å²) in [6.45, 7) is 1.07. The van der Waals surface area contributed by atoms with Gasteiger partial charge in [-0.15, -0.1) is 0 Å². The van der Waals surface area contributed by atoms with Crippen LogP contribution in [0.3, 0.4) is 0 Å². The van der Waals surface area contributed by atoms with Crippen molar-refractivity contribution in [3.8, 4) is 0 Å². The third kappa shape index (κ3) is 6.19. The molecule has 0 radical (unpaired) electrons. The van der Waals surface area contributed by atoms with E-state index in [-0.39, 0.29) is 12.6 Å². The van der Waals surface area contributed by atoms with Crippen molar-refractivity contribution in [3.05, 3.63) is 34.1 Å². The van der Waals surface area contributed by atoms with E-state index < -0.39 is 18.6 Å². The predicted molar refractivity (Wildman–Crippen MR) is 72.1 cm³/mol. The molecule has 1 aromatic carbocycles. The summed E-state index contributed by atoms with van der Waals surface area (Å²) >= 11 is 3.14. The number of rotatable bonds is 7. The van der Waals surface area contributed by atoms with Crippen LogP contribution in [0, 0.1) is 5.82 Å². The summed E-state index contributed by atoms with van der Waals surface area (Å²) in [5.74, 6) is -0.394. The fourth-order valence-electron chi connectivity index (χ4n) is 1.77. The molecule has 0 aliphatic carbocycles. The minimum Gasteiger partial charge on any atom is -0.370 e. The summed E-state index contributed by atoms with van der Waals surface area (Å²) in [4.78, 5) is 0. The minimum absolute atomic E-state index is 0.0870. The molecular formula is C13H16BrF4NO. The standard InChI is InChI=1S/C13H16BrF4NO/c1-2-19-10(7-20-8-13(16,17)18)6-9-4-3-5-11(15)12(9)14/h3-5,10,19H,2,6-8H2,1H3. The molecule has 0 fully saturated rings. The Morgan fingerprint density at radius 3 is 2.65 bits per heavy atom. The van der Waals surface area contributed by atoms with Crippen LogP contribution >= 0.6 is 15.9 Å². The molecular weight excluding hydrogens is 342 g/mol. The highest BCUT2D eigenvalue weighted by Crippen LogP contribution is 2.22. The van der Waals surface area contributed by atoms with Crippen molar-refractivity contribution in [2.24, 2.45) is 0 Å². The normalized spacial score (nSPS) is 13.5. The molecule has 0 spiro atoms. The average molecular weight is 358 g/mol. The van der Waals surface area contributed by atoms with Crippen molar-refractivity contribution < 1.29 is 22.3 Å². The number of hydrogen-bond acceptors (Lipinski definition) is 2. The molecule has 0 aliphatic rings. The van der Waals surface area contributed by atoms with Crippen molar-refractivity contribution in [2.75, 3.05) is 19.8 Å². The molecule has 0 amide bonds. The van der Waals surface area contributed by atoms with Crippen LogP contribution < -0.4 is 5.32 Å². The first-order chi connectivity index (χ1) is 9.33. The van der Waals surface area contributed by atoms with Crippen molar-refractivity contribution in [1.82, 2.24) is 5.32 Å². The first-order valence-electron chi connectivity index (χ1n) is 6.14. The number of alkyl halides is 3. The van der Waals surface area contributed by atoms with Crippen LogP contribution in [0.2, 0.25) is 0 Å². The van der Waals surface area contributed by atoms with Crippen LogP contribution in [0.1, 0.15) is 12.5 Å². The predicted octanol–water partition coefficient (Wildman–Crippen LogP) is 3.69. The van der Waals surface area contributed by atoms with Crippen LogP contribution in [0.5, 0.6) is 0 Å². The maximum absolute atomic E-state index is 13.4. The lowest BCUT2D eigenvalue weighted by atomic mass is 10.1. The Morgan fingerprint density at radius 2 is 2.05 bits per heavy atom. The van der Waals surface area contributed by atoms with Crippen LogP contribution in [0.25, 0.3) is 0 Å². The molecule has 0 saturated carbocycles. The largest absolute Gasteiger partial charge is 0.411 e. The first-order valence-corrected chi connectivity index (χ1v) is 6.93. The highest BCUT2D eigenvalue weighted by molar-refractivity contribution is 9.10. The summed E-state index contributed by atoms with van der Waals surface area (Å²) < 4.78 is 54.5. The van der Waals surface area contributed by atoms with E-state index in [0.717, 1.165) is 0 Å². The zero-order valence-corrected chi connectivity index (χ0v) is 12.5. The first kappa shape index (κ1) is 17.4. The number of nitrogens with one attached hydrogen (secondary N) is 1. The summed E-state index contributed by atoms with van der Waals surface area (Å²) in [7, 11) is 0. The van der Waals surface area contributed by atoms with Crippen LogP contribution in [0.15, 0.2) is 22.7 Å². The van der Waals surface area contributed by atoms with Crippen molar-refractivity contribution >= 4 is 15.9 Å². The summed E-state index contributed by atoms with van der Waals surface area (Å²) in [6.07, 6.45) is -3.96. The van der Waals surface area contributed by atoms with Gasteiger partial charge >= 0.3 is 6.18 Å². The van der Waals surface area contributed by atoms with E-state index in [1.54, 1.807) is 12.1 Å². The second-order valence-electron chi connectivity index (χ2n) is 4.30. The lowest BCUT2D eigenvalue weighted by molar-refractivity contribution is -0.175. The topological polar surface area (TPSA) is 21.3 Å². The second kappa shape index (κ2) is 7.95. The van der Waals surface area contributed by atoms with E-state index in [4.69, 9.17) is 0 Å². The molecule has 114 valence electrons. The van der Waals surface area contributed by atoms with Gasteiger partial charge in [0.05, 0.1) is 11.1 Å². The minimum atomic E-state index is -4.34. The van der Waals surface area contributed by atoms with Crippen LogP contribution in [-0.4, -0.2) is 32.0 Å². The fraction of sp³-hybridized carbons (Fsp3) is 0.538. The maximum Gasteiger partial charge on any atom is 0.411 e. The Kier molecular flexibility index (Phi) is 6.91. The maximum atomic E-state index is 13.4. The van der Waals surface area contributed by atoms with E-state index in [1.165, 1.54) is 6.07 Å². The lowest BCUT2D eigenvalue weighted by Gasteiger charge is -2.19. The molecule has 0 saturated heterocycles. The number of ether oxygens (including phenoxy) is 1. The molecule has 0 heterocycles. The van der Waals surface area contributed by atoms with Gasteiger partial charge < -0.3 is 10.1 Å². The molecule has 1 unspecified atom stereocenters. The van der Waals surface area contributed by atoms with E-state index in [2.05, 4.69) is 26.0 Å². The van der Waals surface area contributed by atoms with E-state index in [9.17, 15) is 17.6 Å². The monoisotopic (exact) mass is 357 g/mol. The highest BCUT2D eigenvalue weighted by Gasteiger charge is 2.28. The van der Waals surface area contributed by atoms with Crippen LogP contribution in [0.4, 0.5) is 17.6 Å². The number of halogens is 5. The Labute approximate surface area is 123 Å². The van der Waals surface area contributed by atoms with Gasteiger partial charge in [-0.25, -0.2) is 4.39 Å². The van der Waals surface area contributed by atoms with Gasteiger partial charge in [0.2, 0.25) is 0 Å². The van der Waals surface area contributed by atoms with Gasteiger partial charge in [0.15, 0.2) is 0 Å². The average Bonchev–Trinajstić information content (AvgIpc) is 2.33. The fourth-order valence-corrected chi connectivity index (χ4v) is 2.19. The summed E-state index contributed by atoms with van der Waals surface area (Å²) in [5.41, 5.74) is 0.687. The zero-order valence-electron chi connectivity index (χ0n) is 10.9. The third-order valence-electron chi connectivity index (χ3n) is 2.58. The molecule has 20 heavy (non-hydrogen) atoms. The molecule has 1 aromatic rings. The van der Waals surface area contributed by atoms with Crippen molar-refractivity contribution in [1.29, 1.82) is 0 Å². The van der Waals surface area contributed by atoms with E-state index >= 15 is 0 Å². The van der Waals surface area contributed by atoms with Gasteiger partial charge in [-0.1, -0.05) is 19.1 Å². The number of hydrogen-bond donors (Lipinski definition) is 1. The number of benzene rings is 1. The number of likely N-dealkylation sites (N-methyl/N-ethyl adjacent to an activating group) is 1. The van der Waals surface area contributed by atoms with E-state index in [1.807, 2.05) is 6.92 Å². The van der Waals surface area contributed by atoms with E-state index in [0.29, 0.717) is 23.0 Å². The van der Waals surface area contributed by atoms with Gasteiger partial charge in [-0.2, -0.15) is 13.2 Å². The van der Waals surface area contributed by atoms with Gasteiger partial charge in [-0.3, -0.25) is 0 Å². The van der Waals surface area contributed by atoms with Crippen molar-refractivity contribution in [3.63, 3.8) is 0 Å². The zero-order chi connectivity index (χ0) is 15.2. The molecule has 0 bridgehead atoms. The van der Waals surface area contributed by atoms with Gasteiger partial charge in [0, 0.05) is 6.04 Å². The SMILES string of the molecule is CCNC(COCC(F)(F)F)Cc1cccc(F)c1Br. The third-order valence-corrected chi connectivity index (χ3v) is 3.46. The Bertz CT molecular complexity index is 425. The Morgan fingerprint density at radius 1 is 1.35 bits per heavy atom. The summed E-state index contributed by atoms with van der Waals surface area (Å²) in [5, 5.41) is 3.03. The molecule has 1 rings (SSSR count). The lowest BCUT2D eigenvalue weighted by Crippen LogP contribution is -2.36. The van der Waals surface area contributed by atoms with Crippen LogP contribution in [-0.2, 0) is 11.2 Å². The molecule has 7 heteroatoms. The van der Waals surface area contributed by atoms with Gasteiger partial charge in [0.25, 0.3) is 0 Å². The molecule has 2 nitrogen and oxygen atoms in total. The van der Waals surface area contributed by atoms with Crippen molar-refractivity contribution in [2.45, 2.75) is 25.6 Å². The smallest absolute Gasteiger partial charge is 0.370 e. The quantitative estimate of drug-likeness (QED) is 0.751. The summed E-state index contributed by atoms with van der Waals surface area (Å²) in [6, 6.07) is 4.30. The Hall–Kier alpha value is -0.660. The van der Waals surface area contributed by atoms with Gasteiger partial charge in [-0.05, 0) is 40.5 Å². The molecule has 0 aromatic heterocycles. The highest BCUT2D eigenvalue weighted by atomic mass is 79.9.